The van der Waals surface area contributed by atoms with E-state index >= 15 is 0 Å². The van der Waals surface area contributed by atoms with Gasteiger partial charge in [-0.25, -0.2) is 9.18 Å². The van der Waals surface area contributed by atoms with Gasteiger partial charge in [0.25, 0.3) is 0 Å². The number of amides is 1. The highest BCUT2D eigenvalue weighted by Crippen LogP contribution is 2.32. The van der Waals surface area contributed by atoms with Crippen LogP contribution in [0.25, 0.3) is 17.0 Å². The fraction of sp³-hybridized carbons (Fsp3) is 0.207. The first-order chi connectivity index (χ1) is 19.1. The number of pyridine rings is 1. The monoisotopic (exact) mass is 567 g/mol. The third-order valence-electron chi connectivity index (χ3n) is 6.74. The Balaban J connectivity index is 1.38. The van der Waals surface area contributed by atoms with Gasteiger partial charge in [-0.1, -0.05) is 29.8 Å². The number of rotatable bonds is 5. The molecule has 0 aliphatic carbocycles. The van der Waals surface area contributed by atoms with Crippen LogP contribution in [0.3, 0.4) is 0 Å². The summed E-state index contributed by atoms with van der Waals surface area (Å²) in [6, 6.07) is 13.5. The largest absolute Gasteiger partial charge is 0.433 e. The molecule has 0 bridgehead atoms. The van der Waals surface area contributed by atoms with Gasteiger partial charge in [-0.2, -0.15) is 18.4 Å². The van der Waals surface area contributed by atoms with Gasteiger partial charge >= 0.3 is 12.2 Å². The molecule has 1 aliphatic heterocycles. The molecule has 0 saturated carbocycles. The summed E-state index contributed by atoms with van der Waals surface area (Å²) in [5, 5.41) is 13.2. The SMILES string of the molecule is N#Cc1ccc2c(c1)c1c(n2C(=O)NCc2ccnc(C(F)(F)F)c2)CCN(C/C=C/c2ccc(Cl)cc2F)C1. The van der Waals surface area contributed by atoms with E-state index in [1.165, 1.54) is 16.7 Å². The van der Waals surface area contributed by atoms with E-state index < -0.39 is 23.7 Å². The van der Waals surface area contributed by atoms with Crippen LogP contribution in [0.15, 0.2) is 60.8 Å². The average Bonchev–Trinajstić information content (AvgIpc) is 3.25. The maximum Gasteiger partial charge on any atom is 0.433 e. The van der Waals surface area contributed by atoms with Crippen LogP contribution >= 0.6 is 11.6 Å². The minimum absolute atomic E-state index is 0.118. The first-order valence-corrected chi connectivity index (χ1v) is 12.7. The molecule has 2 aromatic heterocycles. The Kier molecular flexibility index (Phi) is 7.61. The van der Waals surface area contributed by atoms with Crippen molar-refractivity contribution in [1.82, 2.24) is 19.8 Å². The second kappa shape index (κ2) is 11.1. The number of carbonyl (C=O) groups excluding carboxylic acids is 1. The second-order valence-electron chi connectivity index (χ2n) is 9.36. The molecule has 0 spiro atoms. The second-order valence-corrected chi connectivity index (χ2v) is 9.80. The van der Waals surface area contributed by atoms with E-state index in [9.17, 15) is 27.6 Å². The molecule has 0 atom stereocenters. The van der Waals surface area contributed by atoms with Crippen molar-refractivity contribution in [3.8, 4) is 6.07 Å². The lowest BCUT2D eigenvalue weighted by molar-refractivity contribution is -0.141. The molecular formula is C29H22ClF4N5O. The Labute approximate surface area is 232 Å². The number of benzene rings is 2. The number of nitrogens with zero attached hydrogens (tertiary/aromatic N) is 4. The first-order valence-electron chi connectivity index (χ1n) is 12.3. The highest BCUT2D eigenvalue weighted by molar-refractivity contribution is 6.30. The van der Waals surface area contributed by atoms with E-state index in [0.29, 0.717) is 47.7 Å². The predicted molar refractivity (Wildman–Crippen MR) is 143 cm³/mol. The average molecular weight is 568 g/mol. The standard InChI is InChI=1S/C29H22ClF4N5O/c30-21-5-4-20(24(31)14-21)2-1-10-38-11-8-26-23(17-38)22-12-18(15-35)3-6-25(22)39(26)28(40)37-16-19-7-9-36-27(13-19)29(32,33)34/h1-7,9,12-14H,8,10-11,16-17H2,(H,37,40)/b2-1+. The summed E-state index contributed by atoms with van der Waals surface area (Å²) in [5.41, 5.74) is 2.38. The summed E-state index contributed by atoms with van der Waals surface area (Å²) in [6.45, 7) is 1.53. The van der Waals surface area contributed by atoms with Crippen molar-refractivity contribution in [2.24, 2.45) is 0 Å². The highest BCUT2D eigenvalue weighted by Gasteiger charge is 2.32. The Morgan fingerprint density at radius 1 is 1.18 bits per heavy atom. The van der Waals surface area contributed by atoms with Gasteiger partial charge in [0.15, 0.2) is 0 Å². The molecule has 204 valence electrons. The van der Waals surface area contributed by atoms with Crippen LogP contribution in [0.2, 0.25) is 5.02 Å². The highest BCUT2D eigenvalue weighted by atomic mass is 35.5. The summed E-state index contributed by atoms with van der Waals surface area (Å²) in [6.07, 6.45) is 0.544. The van der Waals surface area contributed by atoms with Crippen LogP contribution in [-0.2, 0) is 25.7 Å². The van der Waals surface area contributed by atoms with Crippen LogP contribution in [0.5, 0.6) is 0 Å². The number of nitrogens with one attached hydrogen (secondary N) is 1. The first kappa shape index (κ1) is 27.4. The van der Waals surface area contributed by atoms with Crippen molar-refractivity contribution < 1.29 is 22.4 Å². The molecule has 4 aromatic rings. The lowest BCUT2D eigenvalue weighted by atomic mass is 10.0. The minimum atomic E-state index is -4.59. The zero-order chi connectivity index (χ0) is 28.4. The molecule has 11 heteroatoms. The van der Waals surface area contributed by atoms with E-state index in [2.05, 4.69) is 21.3 Å². The third kappa shape index (κ3) is 5.71. The van der Waals surface area contributed by atoms with E-state index in [-0.39, 0.29) is 12.1 Å². The van der Waals surface area contributed by atoms with Gasteiger partial charge in [0.2, 0.25) is 0 Å². The van der Waals surface area contributed by atoms with Crippen LogP contribution in [-0.4, -0.2) is 33.6 Å². The summed E-state index contributed by atoms with van der Waals surface area (Å²) >= 11 is 5.82. The number of hydrogen-bond donors (Lipinski definition) is 1. The summed E-state index contributed by atoms with van der Waals surface area (Å²) in [5.74, 6) is -0.413. The summed E-state index contributed by atoms with van der Waals surface area (Å²) < 4.78 is 54.8. The number of halogens is 5. The lowest BCUT2D eigenvalue weighted by Crippen LogP contribution is -2.34. The van der Waals surface area contributed by atoms with Gasteiger partial charge in [0.1, 0.15) is 11.5 Å². The molecule has 1 amide bonds. The van der Waals surface area contributed by atoms with Crippen molar-refractivity contribution in [3.05, 3.63) is 105 Å². The quantitative estimate of drug-likeness (QED) is 0.278. The molecule has 0 unspecified atom stereocenters. The van der Waals surface area contributed by atoms with Crippen molar-refractivity contribution in [2.45, 2.75) is 25.7 Å². The van der Waals surface area contributed by atoms with Crippen LogP contribution in [0.1, 0.15) is 33.6 Å². The smallest absolute Gasteiger partial charge is 0.333 e. The number of fused-ring (bicyclic) bond motifs is 3. The molecule has 6 nitrogen and oxygen atoms in total. The van der Waals surface area contributed by atoms with Crippen LogP contribution < -0.4 is 5.32 Å². The zero-order valence-electron chi connectivity index (χ0n) is 21.0. The Morgan fingerprint density at radius 3 is 2.75 bits per heavy atom. The Hall–Kier alpha value is -4.20. The van der Waals surface area contributed by atoms with E-state index in [0.717, 1.165) is 28.9 Å². The van der Waals surface area contributed by atoms with Crippen molar-refractivity contribution >= 4 is 34.6 Å². The molecule has 3 heterocycles. The molecule has 1 aliphatic rings. The maximum atomic E-state index is 14.1. The normalized spacial score (nSPS) is 13.9. The van der Waals surface area contributed by atoms with Crippen molar-refractivity contribution in [3.63, 3.8) is 0 Å². The molecule has 2 aromatic carbocycles. The van der Waals surface area contributed by atoms with E-state index in [1.807, 2.05) is 6.08 Å². The molecule has 0 saturated heterocycles. The van der Waals surface area contributed by atoms with E-state index in [1.54, 1.807) is 36.4 Å². The van der Waals surface area contributed by atoms with Crippen molar-refractivity contribution in [1.29, 1.82) is 5.26 Å². The van der Waals surface area contributed by atoms with Gasteiger partial charge < -0.3 is 5.32 Å². The number of aromatic nitrogens is 2. The lowest BCUT2D eigenvalue weighted by Gasteiger charge is -2.27. The maximum absolute atomic E-state index is 14.1. The minimum Gasteiger partial charge on any atom is -0.333 e. The number of alkyl halides is 3. The van der Waals surface area contributed by atoms with Gasteiger partial charge in [-0.3, -0.25) is 14.5 Å². The topological polar surface area (TPSA) is 74.0 Å². The predicted octanol–water partition coefficient (Wildman–Crippen LogP) is 6.55. The van der Waals surface area contributed by atoms with Crippen LogP contribution in [0.4, 0.5) is 22.4 Å². The van der Waals surface area contributed by atoms with E-state index in [4.69, 9.17) is 11.6 Å². The van der Waals surface area contributed by atoms with Gasteiger partial charge in [0, 0.05) is 60.5 Å². The van der Waals surface area contributed by atoms with Gasteiger partial charge in [0.05, 0.1) is 17.1 Å². The fourth-order valence-electron chi connectivity index (χ4n) is 4.83. The summed E-state index contributed by atoms with van der Waals surface area (Å²) in [7, 11) is 0. The molecule has 1 N–H and O–H groups in total. The number of hydrogen-bond acceptors (Lipinski definition) is 4. The number of nitriles is 1. The fourth-order valence-corrected chi connectivity index (χ4v) is 4.99. The van der Waals surface area contributed by atoms with Crippen molar-refractivity contribution in [2.75, 3.05) is 13.1 Å². The van der Waals surface area contributed by atoms with Gasteiger partial charge in [-0.15, -0.1) is 0 Å². The Bertz CT molecular complexity index is 1670. The molecular weight excluding hydrogens is 546 g/mol. The zero-order valence-corrected chi connectivity index (χ0v) is 21.7. The number of carbonyl (C=O) groups is 1. The van der Waals surface area contributed by atoms with Crippen LogP contribution in [0, 0.1) is 17.1 Å². The molecule has 0 fully saturated rings. The molecule has 40 heavy (non-hydrogen) atoms. The Morgan fingerprint density at radius 2 is 2.00 bits per heavy atom. The molecule has 0 radical (unpaired) electrons. The third-order valence-corrected chi connectivity index (χ3v) is 6.98. The van der Waals surface area contributed by atoms with Gasteiger partial charge in [-0.05, 0) is 53.6 Å². The molecule has 5 rings (SSSR count). The summed E-state index contributed by atoms with van der Waals surface area (Å²) in [4.78, 5) is 18.8.